The molecule has 3 rings (SSSR count). The summed E-state index contributed by atoms with van der Waals surface area (Å²) in [5, 5.41) is 0.513. The Morgan fingerprint density at radius 1 is 1.22 bits per heavy atom. The van der Waals surface area contributed by atoms with Crippen molar-refractivity contribution in [2.75, 3.05) is 18.8 Å². The van der Waals surface area contributed by atoms with Crippen molar-refractivity contribution in [3.8, 4) is 11.3 Å². The molecule has 1 fully saturated rings. The van der Waals surface area contributed by atoms with E-state index in [4.69, 9.17) is 21.8 Å². The lowest BCUT2D eigenvalue weighted by Gasteiger charge is -2.34. The van der Waals surface area contributed by atoms with Crippen molar-refractivity contribution in [1.82, 2.24) is 4.90 Å². The zero-order chi connectivity index (χ0) is 16.6. The molecule has 2 atom stereocenters. The van der Waals surface area contributed by atoms with Crippen LogP contribution in [0.15, 0.2) is 34.7 Å². The zero-order valence-corrected chi connectivity index (χ0v) is 14.1. The van der Waals surface area contributed by atoms with Crippen LogP contribution < -0.4 is 5.73 Å². The standard InChI is InChI=1S/C18H21ClN2O2/c1-11-7-12(2)10-21(9-11)18(22)17-6-5-16(23-17)14-4-3-13(20)8-15(14)19/h3-6,8,11-12H,7,9-10,20H2,1-2H3/t11-,12+. The summed E-state index contributed by atoms with van der Waals surface area (Å²) in [7, 11) is 0. The first-order valence-corrected chi connectivity index (χ1v) is 8.26. The highest BCUT2D eigenvalue weighted by atomic mass is 35.5. The molecular formula is C18H21ClN2O2. The summed E-state index contributed by atoms with van der Waals surface area (Å²) in [4.78, 5) is 14.5. The second-order valence-electron chi connectivity index (χ2n) is 6.56. The Bertz CT molecular complexity index is 716. The van der Waals surface area contributed by atoms with Crippen LogP contribution in [0.3, 0.4) is 0 Å². The maximum atomic E-state index is 12.7. The van der Waals surface area contributed by atoms with E-state index in [9.17, 15) is 4.79 Å². The van der Waals surface area contributed by atoms with Crippen molar-refractivity contribution in [3.05, 3.63) is 41.1 Å². The fraction of sp³-hybridized carbons (Fsp3) is 0.389. The lowest BCUT2D eigenvalue weighted by atomic mass is 9.92. The molecule has 0 spiro atoms. The Hall–Kier alpha value is -1.94. The van der Waals surface area contributed by atoms with Gasteiger partial charge in [-0.25, -0.2) is 0 Å². The van der Waals surface area contributed by atoms with E-state index in [2.05, 4.69) is 13.8 Å². The average Bonchev–Trinajstić information content (AvgIpc) is 2.95. The van der Waals surface area contributed by atoms with Gasteiger partial charge in [-0.2, -0.15) is 0 Å². The topological polar surface area (TPSA) is 59.5 Å². The molecule has 0 bridgehead atoms. The molecule has 2 heterocycles. The molecule has 0 saturated carbocycles. The molecule has 5 heteroatoms. The lowest BCUT2D eigenvalue weighted by molar-refractivity contribution is 0.0592. The Morgan fingerprint density at radius 2 is 1.91 bits per heavy atom. The lowest BCUT2D eigenvalue weighted by Crippen LogP contribution is -2.42. The number of nitrogens with zero attached hydrogens (tertiary/aromatic N) is 1. The largest absolute Gasteiger partial charge is 0.451 e. The second-order valence-corrected chi connectivity index (χ2v) is 6.97. The van der Waals surface area contributed by atoms with Gasteiger partial charge in [0.25, 0.3) is 5.91 Å². The van der Waals surface area contributed by atoms with Gasteiger partial charge in [0.05, 0.1) is 5.02 Å². The molecule has 1 aromatic heterocycles. The monoisotopic (exact) mass is 332 g/mol. The highest BCUT2D eigenvalue weighted by molar-refractivity contribution is 6.33. The fourth-order valence-corrected chi connectivity index (χ4v) is 3.60. The van der Waals surface area contributed by atoms with Crippen LogP contribution in [-0.4, -0.2) is 23.9 Å². The van der Waals surface area contributed by atoms with Crippen LogP contribution in [0.2, 0.25) is 5.02 Å². The van der Waals surface area contributed by atoms with Crippen LogP contribution in [0.1, 0.15) is 30.8 Å². The van der Waals surface area contributed by atoms with Crippen LogP contribution in [0.4, 0.5) is 5.69 Å². The molecule has 23 heavy (non-hydrogen) atoms. The van der Waals surface area contributed by atoms with Gasteiger partial charge >= 0.3 is 0 Å². The minimum atomic E-state index is -0.0544. The van der Waals surface area contributed by atoms with E-state index in [1.807, 2.05) is 4.90 Å². The molecule has 1 saturated heterocycles. The molecule has 4 nitrogen and oxygen atoms in total. The summed E-state index contributed by atoms with van der Waals surface area (Å²) in [5.41, 5.74) is 7.04. The van der Waals surface area contributed by atoms with E-state index in [0.29, 0.717) is 34.1 Å². The number of anilines is 1. The van der Waals surface area contributed by atoms with Crippen LogP contribution >= 0.6 is 11.6 Å². The van der Waals surface area contributed by atoms with Gasteiger partial charge in [-0.1, -0.05) is 25.4 Å². The highest BCUT2D eigenvalue weighted by Gasteiger charge is 2.28. The number of carbonyl (C=O) groups is 1. The third-order valence-corrected chi connectivity index (χ3v) is 4.54. The molecule has 2 N–H and O–H groups in total. The molecule has 1 aliphatic rings. The van der Waals surface area contributed by atoms with Gasteiger partial charge in [0.1, 0.15) is 5.76 Å². The van der Waals surface area contributed by atoms with Gasteiger partial charge in [0.2, 0.25) is 0 Å². The van der Waals surface area contributed by atoms with Crippen molar-refractivity contribution in [2.24, 2.45) is 11.8 Å². The third-order valence-electron chi connectivity index (χ3n) is 4.23. The SMILES string of the molecule is C[C@@H]1C[C@H](C)CN(C(=O)c2ccc(-c3ccc(N)cc3Cl)o2)C1. The zero-order valence-electron chi connectivity index (χ0n) is 13.4. The van der Waals surface area contributed by atoms with Crippen LogP contribution in [0.25, 0.3) is 11.3 Å². The summed E-state index contributed by atoms with van der Waals surface area (Å²) in [6.45, 7) is 5.92. The Balaban J connectivity index is 1.82. The Labute approximate surface area is 141 Å². The maximum Gasteiger partial charge on any atom is 0.289 e. The first-order chi connectivity index (χ1) is 10.9. The number of carbonyl (C=O) groups excluding carboxylic acids is 1. The normalized spacial score (nSPS) is 21.4. The van der Waals surface area contributed by atoms with E-state index in [1.165, 1.54) is 0 Å². The van der Waals surface area contributed by atoms with E-state index >= 15 is 0 Å². The molecule has 1 amide bonds. The molecule has 0 unspecified atom stereocenters. The first-order valence-electron chi connectivity index (χ1n) is 7.88. The molecule has 0 radical (unpaired) electrons. The highest BCUT2D eigenvalue weighted by Crippen LogP contribution is 2.31. The number of rotatable bonds is 2. The number of furan rings is 1. The summed E-state index contributed by atoms with van der Waals surface area (Å²) in [6, 6.07) is 8.74. The van der Waals surface area contributed by atoms with Crippen LogP contribution in [0, 0.1) is 11.8 Å². The number of nitrogens with two attached hydrogens (primary N) is 1. The van der Waals surface area contributed by atoms with E-state index < -0.39 is 0 Å². The summed E-state index contributed by atoms with van der Waals surface area (Å²) < 4.78 is 5.76. The number of halogens is 1. The van der Waals surface area contributed by atoms with E-state index in [1.54, 1.807) is 30.3 Å². The molecule has 1 aliphatic heterocycles. The van der Waals surface area contributed by atoms with Gasteiger partial charge in [-0.05, 0) is 48.6 Å². The number of nitrogen functional groups attached to an aromatic ring is 1. The summed E-state index contributed by atoms with van der Waals surface area (Å²) >= 11 is 6.20. The van der Waals surface area contributed by atoms with Gasteiger partial charge < -0.3 is 15.1 Å². The Kier molecular flexibility index (Phi) is 4.35. The van der Waals surface area contributed by atoms with E-state index in [0.717, 1.165) is 25.1 Å². The number of hydrogen-bond acceptors (Lipinski definition) is 3. The van der Waals surface area contributed by atoms with Gasteiger partial charge in [0, 0.05) is 24.3 Å². The van der Waals surface area contributed by atoms with Crippen molar-refractivity contribution < 1.29 is 9.21 Å². The number of amides is 1. The van der Waals surface area contributed by atoms with Crippen LogP contribution in [0.5, 0.6) is 0 Å². The predicted molar refractivity (Wildman–Crippen MR) is 92.4 cm³/mol. The summed E-state index contributed by atoms with van der Waals surface area (Å²) in [6.07, 6.45) is 1.16. The van der Waals surface area contributed by atoms with Gasteiger partial charge in [0.15, 0.2) is 5.76 Å². The Morgan fingerprint density at radius 3 is 2.57 bits per heavy atom. The van der Waals surface area contributed by atoms with Crippen molar-refractivity contribution in [3.63, 3.8) is 0 Å². The third kappa shape index (κ3) is 3.37. The molecule has 0 aliphatic carbocycles. The van der Waals surface area contributed by atoms with Crippen molar-refractivity contribution >= 4 is 23.2 Å². The molecule has 122 valence electrons. The molecule has 2 aromatic rings. The smallest absolute Gasteiger partial charge is 0.289 e. The summed E-state index contributed by atoms with van der Waals surface area (Å²) in [5.74, 6) is 1.92. The van der Waals surface area contributed by atoms with Gasteiger partial charge in [-0.15, -0.1) is 0 Å². The predicted octanol–water partition coefficient (Wildman–Crippen LogP) is 4.30. The average molecular weight is 333 g/mol. The van der Waals surface area contributed by atoms with Gasteiger partial charge in [-0.3, -0.25) is 4.79 Å². The minimum absolute atomic E-state index is 0.0544. The van der Waals surface area contributed by atoms with Crippen molar-refractivity contribution in [1.29, 1.82) is 0 Å². The second kappa shape index (κ2) is 6.28. The molecule has 1 aromatic carbocycles. The number of hydrogen-bond donors (Lipinski definition) is 1. The number of piperidine rings is 1. The molecular weight excluding hydrogens is 312 g/mol. The number of likely N-dealkylation sites (tertiary alicyclic amines) is 1. The minimum Gasteiger partial charge on any atom is -0.451 e. The van der Waals surface area contributed by atoms with E-state index in [-0.39, 0.29) is 5.91 Å². The quantitative estimate of drug-likeness (QED) is 0.834. The first kappa shape index (κ1) is 15.9. The maximum absolute atomic E-state index is 12.7. The number of benzene rings is 1. The fourth-order valence-electron chi connectivity index (χ4n) is 3.31. The van der Waals surface area contributed by atoms with Crippen molar-refractivity contribution in [2.45, 2.75) is 20.3 Å². The van der Waals surface area contributed by atoms with Crippen LogP contribution in [-0.2, 0) is 0 Å².